The molecule has 4 rings (SSSR count). The van der Waals surface area contributed by atoms with Crippen LogP contribution in [0.4, 0.5) is 8.78 Å². The zero-order chi connectivity index (χ0) is 20.6. The molecule has 0 fully saturated rings. The van der Waals surface area contributed by atoms with Crippen molar-refractivity contribution in [3.8, 4) is 17.1 Å². The van der Waals surface area contributed by atoms with E-state index in [1.54, 1.807) is 22.9 Å². The minimum absolute atomic E-state index is 0. The Bertz CT molecular complexity index is 1190. The maximum Gasteiger partial charge on any atom is 2.00 e. The first-order valence-corrected chi connectivity index (χ1v) is 8.98. The molecule has 4 aromatic heterocycles. The van der Waals surface area contributed by atoms with Crippen molar-refractivity contribution in [2.75, 3.05) is 0 Å². The summed E-state index contributed by atoms with van der Waals surface area (Å²) in [5.74, 6) is -0.389. The molecule has 0 radical (unpaired) electrons. The predicted molar refractivity (Wildman–Crippen MR) is 103 cm³/mol. The summed E-state index contributed by atoms with van der Waals surface area (Å²) in [6.45, 7) is 5.85. The van der Waals surface area contributed by atoms with Crippen LogP contribution in [-0.4, -0.2) is 24.5 Å². The average Bonchev–Trinajstić information content (AvgIpc) is 3.14. The van der Waals surface area contributed by atoms with Crippen LogP contribution in [-0.2, 0) is 26.5 Å². The molecular weight excluding hydrogens is 567 g/mol. The Morgan fingerprint density at radius 3 is 2.33 bits per heavy atom. The van der Waals surface area contributed by atoms with Crippen molar-refractivity contribution in [1.82, 2.24) is 24.5 Å². The topological polar surface area (TPSA) is 56.5 Å². The van der Waals surface area contributed by atoms with E-state index in [2.05, 4.69) is 27.2 Å². The summed E-state index contributed by atoms with van der Waals surface area (Å²) < 4.78 is 29.0. The molecule has 0 atom stereocenters. The van der Waals surface area contributed by atoms with Crippen LogP contribution in [0.2, 0.25) is 0 Å². The number of halogens is 2. The monoisotopic (exact) mass is 584 g/mol. The summed E-state index contributed by atoms with van der Waals surface area (Å²) >= 11 is 0. The van der Waals surface area contributed by atoms with E-state index in [9.17, 15) is 8.78 Å². The minimum Gasteiger partial charge on any atom is -0.451 e. The van der Waals surface area contributed by atoms with Crippen LogP contribution in [0.3, 0.4) is 0 Å². The normalized spacial score (nSPS) is 11.2. The van der Waals surface area contributed by atoms with E-state index >= 15 is 0 Å². The molecule has 30 heavy (non-hydrogen) atoms. The number of aryl methyl sites for hydroxylation is 1. The summed E-state index contributed by atoms with van der Waals surface area (Å²) in [6, 6.07) is 14.5. The van der Waals surface area contributed by atoms with Gasteiger partial charge in [-0.05, 0) is 37.9 Å². The molecule has 154 valence electrons. The van der Waals surface area contributed by atoms with Crippen molar-refractivity contribution in [1.29, 1.82) is 0 Å². The molecule has 0 aliphatic carbocycles. The van der Waals surface area contributed by atoms with Gasteiger partial charge in [-0.2, -0.15) is 0 Å². The third-order valence-corrected chi connectivity index (χ3v) is 4.76. The fourth-order valence-electron chi connectivity index (χ4n) is 3.07. The van der Waals surface area contributed by atoms with Gasteiger partial charge in [0.15, 0.2) is 0 Å². The van der Waals surface area contributed by atoms with Crippen LogP contribution in [0.5, 0.6) is 0 Å². The molecule has 0 N–H and O–H groups in total. The zero-order valence-corrected chi connectivity index (χ0v) is 18.7. The van der Waals surface area contributed by atoms with E-state index in [1.807, 2.05) is 45.0 Å². The van der Waals surface area contributed by atoms with Crippen LogP contribution in [0.1, 0.15) is 31.1 Å². The molecule has 0 saturated carbocycles. The largest absolute Gasteiger partial charge is 2.00 e. The van der Waals surface area contributed by atoms with Gasteiger partial charge in [-0.25, -0.2) is 8.78 Å². The van der Waals surface area contributed by atoms with Crippen LogP contribution in [0.25, 0.3) is 17.1 Å². The fourth-order valence-corrected chi connectivity index (χ4v) is 3.07. The Balaban J connectivity index is 0.00000256. The van der Waals surface area contributed by atoms with E-state index in [0.29, 0.717) is 17.2 Å². The Morgan fingerprint density at radius 1 is 0.967 bits per heavy atom. The quantitative estimate of drug-likeness (QED) is 0.266. The fraction of sp³-hybridized carbons (Fsp3) is 0.182. The molecule has 0 unspecified atom stereocenters. The van der Waals surface area contributed by atoms with Crippen LogP contribution in [0, 0.1) is 31.1 Å². The van der Waals surface area contributed by atoms with Gasteiger partial charge in [0.25, 0.3) is 0 Å². The van der Waals surface area contributed by atoms with Gasteiger partial charge in [0.1, 0.15) is 11.9 Å². The third-order valence-electron chi connectivity index (χ3n) is 4.76. The summed E-state index contributed by atoms with van der Waals surface area (Å²) in [5, 5.41) is 0. The number of pyridine rings is 3. The van der Waals surface area contributed by atoms with E-state index < -0.39 is 17.3 Å². The second-order valence-corrected chi connectivity index (χ2v) is 7.07. The van der Waals surface area contributed by atoms with Gasteiger partial charge >= 0.3 is 21.1 Å². The van der Waals surface area contributed by atoms with Crippen molar-refractivity contribution in [3.63, 3.8) is 0 Å². The summed E-state index contributed by atoms with van der Waals surface area (Å²) in [7, 11) is 0. The molecule has 0 aliphatic rings. The molecule has 0 aliphatic heterocycles. The third kappa shape index (κ3) is 4.08. The average molecular weight is 584 g/mol. The van der Waals surface area contributed by atoms with E-state index in [1.165, 1.54) is 0 Å². The molecule has 0 bridgehead atoms. The predicted octanol–water partition coefficient (Wildman–Crippen LogP) is 4.23. The maximum absolute atomic E-state index is 14.1. The van der Waals surface area contributed by atoms with E-state index in [4.69, 9.17) is 4.98 Å². The van der Waals surface area contributed by atoms with Gasteiger partial charge in [0.2, 0.25) is 0 Å². The minimum atomic E-state index is -0.946. The molecule has 0 aromatic carbocycles. The Labute approximate surface area is 187 Å². The molecule has 5 nitrogen and oxygen atoms in total. The molecule has 0 amide bonds. The van der Waals surface area contributed by atoms with Crippen LogP contribution < -0.4 is 0 Å². The van der Waals surface area contributed by atoms with Crippen molar-refractivity contribution >= 4 is 0 Å². The maximum atomic E-state index is 14.1. The van der Waals surface area contributed by atoms with Crippen LogP contribution in [0.15, 0.2) is 48.7 Å². The van der Waals surface area contributed by atoms with Crippen LogP contribution >= 0.6 is 0 Å². The second kappa shape index (κ2) is 8.52. The molecule has 4 heterocycles. The van der Waals surface area contributed by atoms with Gasteiger partial charge in [-0.1, -0.05) is 49.0 Å². The van der Waals surface area contributed by atoms with Gasteiger partial charge in [0, 0.05) is 28.4 Å². The van der Waals surface area contributed by atoms with Crippen molar-refractivity contribution in [2.24, 2.45) is 0 Å². The Kier molecular flexibility index (Phi) is 6.22. The SMILES string of the molecule is Cc1nc[c-]n1-c1cccc(C(C)(C)c2cccc(-c3[c-]cc(F)nc3F)n2)n1.[Pt+2]. The number of hydrogen-bond donors (Lipinski definition) is 0. The molecule has 8 heteroatoms. The first kappa shape index (κ1) is 21.9. The van der Waals surface area contributed by atoms with E-state index in [0.717, 1.165) is 17.6 Å². The molecular formula is C22H17F2N5Pt. The number of imidazole rings is 1. The van der Waals surface area contributed by atoms with Gasteiger partial charge in [-0.3, -0.25) is 9.97 Å². The van der Waals surface area contributed by atoms with E-state index in [-0.39, 0.29) is 26.6 Å². The van der Waals surface area contributed by atoms with Crippen molar-refractivity contribution in [3.05, 3.63) is 90.0 Å². The van der Waals surface area contributed by atoms with Crippen molar-refractivity contribution < 1.29 is 29.8 Å². The zero-order valence-electron chi connectivity index (χ0n) is 16.4. The van der Waals surface area contributed by atoms with Gasteiger partial charge in [-0.15, -0.1) is 6.07 Å². The second-order valence-electron chi connectivity index (χ2n) is 7.07. The summed E-state index contributed by atoms with van der Waals surface area (Å²) in [5.41, 5.74) is 1.24. The first-order chi connectivity index (χ1) is 13.9. The van der Waals surface area contributed by atoms with Gasteiger partial charge < -0.3 is 14.5 Å². The molecule has 0 spiro atoms. The number of hydrogen-bond acceptors (Lipinski definition) is 4. The number of nitrogens with zero attached hydrogens (tertiary/aromatic N) is 5. The summed E-state index contributed by atoms with van der Waals surface area (Å²) in [6.07, 6.45) is 4.62. The molecule has 4 aromatic rings. The molecule has 0 saturated heterocycles. The Hall–Kier alpha value is -2.79. The van der Waals surface area contributed by atoms with Gasteiger partial charge in [0.05, 0.1) is 0 Å². The Morgan fingerprint density at radius 2 is 1.67 bits per heavy atom. The number of aromatic nitrogens is 5. The number of rotatable bonds is 4. The first-order valence-electron chi connectivity index (χ1n) is 8.98. The van der Waals surface area contributed by atoms with Crippen molar-refractivity contribution in [2.45, 2.75) is 26.2 Å². The standard InChI is InChI=1S/C22H17F2N5.Pt/c1-14-25-12-13-29(14)20-9-5-8-18(27-20)22(2,3)17-7-4-6-16(26-17)15-10-11-19(23)28-21(15)24;/h4-9,11-12H,1-3H3;/q-2;+2. The smallest absolute Gasteiger partial charge is 0.451 e. The summed E-state index contributed by atoms with van der Waals surface area (Å²) in [4.78, 5) is 16.8.